The highest BCUT2D eigenvalue weighted by atomic mass is 32.2. The molecule has 0 bridgehead atoms. The van der Waals surface area contributed by atoms with Crippen molar-refractivity contribution in [3.63, 3.8) is 0 Å². The van der Waals surface area contributed by atoms with Crippen molar-refractivity contribution in [3.05, 3.63) is 24.3 Å². The van der Waals surface area contributed by atoms with Gasteiger partial charge < -0.3 is 5.11 Å². The number of sulfonamides is 1. The lowest BCUT2D eigenvalue weighted by Crippen LogP contribution is -2.51. The van der Waals surface area contributed by atoms with Gasteiger partial charge in [0.05, 0.1) is 9.79 Å². The summed E-state index contributed by atoms with van der Waals surface area (Å²) in [5.41, 5.74) is 0. The Morgan fingerprint density at radius 2 is 1.58 bits per heavy atom. The Morgan fingerprint density at radius 3 is 2.00 bits per heavy atom. The molecule has 1 aromatic carbocycles. The lowest BCUT2D eigenvalue weighted by molar-refractivity contribution is 0.117. The van der Waals surface area contributed by atoms with Crippen molar-refractivity contribution in [1.29, 1.82) is 0 Å². The average Bonchev–Trinajstić information content (AvgIpc) is 2.26. The molecule has 1 saturated heterocycles. The van der Waals surface area contributed by atoms with E-state index >= 15 is 0 Å². The zero-order valence-corrected chi connectivity index (χ0v) is 12.0. The quantitative estimate of drug-likeness (QED) is 0.825. The molecule has 19 heavy (non-hydrogen) atoms. The molecule has 106 valence electrons. The highest BCUT2D eigenvalue weighted by Gasteiger charge is 2.36. The number of rotatable bonds is 4. The largest absolute Gasteiger partial charge is 0.396 e. The molecule has 1 aliphatic heterocycles. The van der Waals surface area contributed by atoms with Gasteiger partial charge in [-0.05, 0) is 24.3 Å². The highest BCUT2D eigenvalue weighted by Crippen LogP contribution is 2.25. The number of nitrogens with zero attached hydrogens (tertiary/aromatic N) is 1. The van der Waals surface area contributed by atoms with Gasteiger partial charge in [-0.15, -0.1) is 0 Å². The zero-order valence-electron chi connectivity index (χ0n) is 10.4. The van der Waals surface area contributed by atoms with E-state index in [0.29, 0.717) is 13.1 Å². The van der Waals surface area contributed by atoms with Gasteiger partial charge in [0.2, 0.25) is 10.0 Å². The smallest absolute Gasteiger partial charge is 0.243 e. The summed E-state index contributed by atoms with van der Waals surface area (Å²) in [6.07, 6.45) is 1.07. The van der Waals surface area contributed by atoms with Crippen molar-refractivity contribution < 1.29 is 21.9 Å². The van der Waals surface area contributed by atoms with E-state index in [1.54, 1.807) is 0 Å². The van der Waals surface area contributed by atoms with Crippen LogP contribution in [0.3, 0.4) is 0 Å². The molecule has 8 heteroatoms. The van der Waals surface area contributed by atoms with E-state index in [1.165, 1.54) is 28.6 Å². The van der Waals surface area contributed by atoms with Crippen LogP contribution in [0.15, 0.2) is 34.1 Å². The number of aliphatic hydroxyl groups is 1. The van der Waals surface area contributed by atoms with Crippen molar-refractivity contribution in [2.45, 2.75) is 9.79 Å². The van der Waals surface area contributed by atoms with Crippen LogP contribution in [0, 0.1) is 5.92 Å². The maximum absolute atomic E-state index is 12.1. The Hall–Kier alpha value is -0.960. The molecule has 0 spiro atoms. The fourth-order valence-corrected chi connectivity index (χ4v) is 4.06. The Kier molecular flexibility index (Phi) is 3.69. The van der Waals surface area contributed by atoms with E-state index in [2.05, 4.69) is 0 Å². The first kappa shape index (κ1) is 14.4. The molecule has 0 amide bonds. The Labute approximate surface area is 112 Å². The molecular weight excluding hydrogens is 290 g/mol. The van der Waals surface area contributed by atoms with Crippen LogP contribution in [0.2, 0.25) is 0 Å². The first-order chi connectivity index (χ1) is 8.75. The van der Waals surface area contributed by atoms with Crippen molar-refractivity contribution >= 4 is 19.9 Å². The molecule has 0 saturated carbocycles. The molecule has 1 fully saturated rings. The predicted octanol–water partition coefficient (Wildman–Crippen LogP) is -0.297. The van der Waals surface area contributed by atoms with Crippen molar-refractivity contribution in [3.8, 4) is 0 Å². The van der Waals surface area contributed by atoms with E-state index in [1.807, 2.05) is 0 Å². The summed E-state index contributed by atoms with van der Waals surface area (Å²) in [6, 6.07) is 5.15. The van der Waals surface area contributed by atoms with E-state index in [-0.39, 0.29) is 22.3 Å². The van der Waals surface area contributed by atoms with Crippen LogP contribution >= 0.6 is 0 Å². The molecule has 1 heterocycles. The number of hydrogen-bond acceptors (Lipinski definition) is 5. The van der Waals surface area contributed by atoms with Crippen LogP contribution in [-0.2, 0) is 19.9 Å². The lowest BCUT2D eigenvalue weighted by Gasteiger charge is -2.36. The maximum atomic E-state index is 12.1. The third kappa shape index (κ3) is 2.81. The fraction of sp³-hybridized carbons (Fsp3) is 0.455. The van der Waals surface area contributed by atoms with Gasteiger partial charge in [-0.2, -0.15) is 4.31 Å². The molecule has 1 N–H and O–H groups in total. The zero-order chi connectivity index (χ0) is 14.3. The molecule has 0 aromatic heterocycles. The normalized spacial score (nSPS) is 18.2. The first-order valence-corrected chi connectivity index (χ1v) is 8.99. The molecule has 1 aliphatic rings. The van der Waals surface area contributed by atoms with Crippen LogP contribution in [0.25, 0.3) is 0 Å². The molecule has 2 rings (SSSR count). The molecule has 1 aromatic rings. The molecule has 0 aliphatic carbocycles. The maximum Gasteiger partial charge on any atom is 0.243 e. The Bertz CT molecular complexity index is 658. The SMILES string of the molecule is CS(=O)(=O)c1ccc(S(=O)(=O)N2CC(CO)C2)cc1. The fourth-order valence-electron chi connectivity index (χ4n) is 1.84. The minimum absolute atomic E-state index is 0.00920. The van der Waals surface area contributed by atoms with Gasteiger partial charge in [0.25, 0.3) is 0 Å². The van der Waals surface area contributed by atoms with E-state index < -0.39 is 19.9 Å². The second-order valence-corrected chi connectivity index (χ2v) is 8.57. The summed E-state index contributed by atoms with van der Waals surface area (Å²) in [5.74, 6) is -0.00920. The Morgan fingerprint density at radius 1 is 1.11 bits per heavy atom. The lowest BCUT2D eigenvalue weighted by atomic mass is 10.1. The number of hydrogen-bond donors (Lipinski definition) is 1. The van der Waals surface area contributed by atoms with Crippen molar-refractivity contribution in [2.24, 2.45) is 5.92 Å². The summed E-state index contributed by atoms with van der Waals surface area (Å²) in [5, 5.41) is 8.88. The van der Waals surface area contributed by atoms with Crippen LogP contribution < -0.4 is 0 Å². The van der Waals surface area contributed by atoms with Gasteiger partial charge >= 0.3 is 0 Å². The number of benzene rings is 1. The minimum Gasteiger partial charge on any atom is -0.396 e. The van der Waals surface area contributed by atoms with Crippen LogP contribution in [-0.4, -0.2) is 52.2 Å². The second-order valence-electron chi connectivity index (χ2n) is 4.61. The molecule has 0 atom stereocenters. The van der Waals surface area contributed by atoms with Crippen molar-refractivity contribution in [1.82, 2.24) is 4.31 Å². The van der Waals surface area contributed by atoms with Gasteiger partial charge in [0.15, 0.2) is 9.84 Å². The van der Waals surface area contributed by atoms with Crippen LogP contribution in [0.5, 0.6) is 0 Å². The van der Waals surface area contributed by atoms with Crippen LogP contribution in [0.1, 0.15) is 0 Å². The van der Waals surface area contributed by atoms with Gasteiger partial charge in [-0.1, -0.05) is 0 Å². The minimum atomic E-state index is -3.58. The Balaban J connectivity index is 2.23. The summed E-state index contributed by atoms with van der Waals surface area (Å²) in [6.45, 7) is 0.568. The second kappa shape index (κ2) is 4.86. The predicted molar refractivity (Wildman–Crippen MR) is 68.9 cm³/mol. The summed E-state index contributed by atoms with van der Waals surface area (Å²) < 4.78 is 48.1. The van der Waals surface area contributed by atoms with E-state index in [9.17, 15) is 16.8 Å². The molecule has 0 radical (unpaired) electrons. The highest BCUT2D eigenvalue weighted by molar-refractivity contribution is 7.90. The number of aliphatic hydroxyl groups excluding tert-OH is 1. The summed E-state index contributed by atoms with van der Waals surface area (Å²) >= 11 is 0. The van der Waals surface area contributed by atoms with Gasteiger partial charge in [-0.25, -0.2) is 16.8 Å². The molecule has 6 nitrogen and oxygen atoms in total. The number of sulfone groups is 1. The molecular formula is C11H15NO5S2. The standard InChI is InChI=1S/C11H15NO5S2/c1-18(14,15)10-2-4-11(5-3-10)19(16,17)12-6-9(7-12)8-13/h2-5,9,13H,6-8H2,1H3. The summed E-state index contributed by atoms with van der Waals surface area (Å²) in [7, 11) is -6.91. The van der Waals surface area contributed by atoms with Gasteiger partial charge in [0, 0.05) is 31.9 Å². The van der Waals surface area contributed by atoms with Crippen LogP contribution in [0.4, 0.5) is 0 Å². The third-order valence-electron chi connectivity index (χ3n) is 3.07. The summed E-state index contributed by atoms with van der Waals surface area (Å²) in [4.78, 5) is 0.152. The third-order valence-corrected chi connectivity index (χ3v) is 6.05. The monoisotopic (exact) mass is 305 g/mol. The average molecular weight is 305 g/mol. The molecule has 0 unspecified atom stereocenters. The van der Waals surface area contributed by atoms with Gasteiger partial charge in [-0.3, -0.25) is 0 Å². The first-order valence-electron chi connectivity index (χ1n) is 5.66. The van der Waals surface area contributed by atoms with Gasteiger partial charge in [0.1, 0.15) is 0 Å². The topological polar surface area (TPSA) is 91.8 Å². The van der Waals surface area contributed by atoms with E-state index in [4.69, 9.17) is 5.11 Å². The van der Waals surface area contributed by atoms with E-state index in [0.717, 1.165) is 6.26 Å². The van der Waals surface area contributed by atoms with Crippen molar-refractivity contribution in [2.75, 3.05) is 26.0 Å².